The highest BCUT2D eigenvalue weighted by Gasteiger charge is 2.58. The van der Waals surface area contributed by atoms with Gasteiger partial charge in [0, 0.05) is 5.69 Å². The van der Waals surface area contributed by atoms with Crippen LogP contribution in [-0.4, -0.2) is 27.5 Å². The molecule has 41 heavy (non-hydrogen) atoms. The lowest BCUT2D eigenvalue weighted by molar-refractivity contribution is -0.137. The first-order valence-electron chi connectivity index (χ1n) is 12.4. The number of thiazole rings is 1. The zero-order chi connectivity index (χ0) is 29.1. The Kier molecular flexibility index (Phi) is 6.65. The molecule has 2 unspecified atom stereocenters. The number of carbonyl (C=O) groups excluding carboxylic acids is 3. The lowest BCUT2D eigenvalue weighted by atomic mass is 9.86. The van der Waals surface area contributed by atoms with Gasteiger partial charge < -0.3 is 9.73 Å². The van der Waals surface area contributed by atoms with E-state index in [1.165, 1.54) is 23.0 Å². The van der Waals surface area contributed by atoms with Crippen molar-refractivity contribution < 1.29 is 32.0 Å². The summed E-state index contributed by atoms with van der Waals surface area (Å²) in [7, 11) is 0. The van der Waals surface area contributed by atoms with Crippen LogP contribution in [0, 0.1) is 12.8 Å². The highest BCUT2D eigenvalue weighted by Crippen LogP contribution is 2.54. The maximum Gasteiger partial charge on any atom is 0.418 e. The predicted molar refractivity (Wildman–Crippen MR) is 146 cm³/mol. The molecule has 0 spiro atoms. The minimum Gasteiger partial charge on any atom is -0.469 e. The largest absolute Gasteiger partial charge is 0.469 e. The van der Waals surface area contributed by atoms with Crippen molar-refractivity contribution in [1.29, 1.82) is 0 Å². The van der Waals surface area contributed by atoms with E-state index in [4.69, 9.17) is 4.42 Å². The second-order valence-electron chi connectivity index (χ2n) is 9.63. The number of hydrogen-bond donors (Lipinski definition) is 1. The second-order valence-corrected chi connectivity index (χ2v) is 11.7. The topological polar surface area (TPSA) is 102 Å². The van der Waals surface area contributed by atoms with Crippen LogP contribution < -0.4 is 15.1 Å². The molecule has 2 aliphatic heterocycles. The molecule has 0 saturated carbocycles. The van der Waals surface area contributed by atoms with Crippen molar-refractivity contribution in [3.05, 3.63) is 98.4 Å². The van der Waals surface area contributed by atoms with Gasteiger partial charge in [0.05, 0.1) is 39.3 Å². The van der Waals surface area contributed by atoms with Crippen LogP contribution in [0.4, 0.5) is 24.5 Å². The molecular weight excluding hydrogens is 579 g/mol. The molecule has 6 rings (SSSR count). The summed E-state index contributed by atoms with van der Waals surface area (Å²) >= 11 is 1.72. The van der Waals surface area contributed by atoms with Gasteiger partial charge in [-0.25, -0.2) is 4.90 Å². The van der Waals surface area contributed by atoms with E-state index in [0.717, 1.165) is 40.8 Å². The van der Waals surface area contributed by atoms with Crippen LogP contribution in [0.15, 0.2) is 81.2 Å². The van der Waals surface area contributed by atoms with Gasteiger partial charge in [-0.2, -0.15) is 13.2 Å². The van der Waals surface area contributed by atoms with Crippen LogP contribution >= 0.6 is 23.1 Å². The van der Waals surface area contributed by atoms with E-state index < -0.39 is 57.1 Å². The predicted octanol–water partition coefficient (Wildman–Crippen LogP) is 5.26. The number of aromatic nitrogens is 1. The molecule has 4 heterocycles. The Bertz CT molecular complexity index is 1740. The standard InChI is InChI=1S/C28H20F3N3O5S2/c1-14-6-4-7-15(12-14)32-19(35)13-33-26-23(41-27(33)38)20(18-10-5-11-39-18)21-22(40-26)25(37)34(24(21)36)17-9-3-2-8-16(17)28(29,30)31/h2-12,20-22H,13H2,1H3,(H,32,35)/t20-,21?,22?/m1/s1. The average Bonchev–Trinajstić information content (AvgIpc) is 3.61. The van der Waals surface area contributed by atoms with E-state index in [0.29, 0.717) is 20.5 Å². The Balaban J connectivity index is 1.40. The van der Waals surface area contributed by atoms with E-state index in [2.05, 4.69) is 5.32 Å². The van der Waals surface area contributed by atoms with Crippen molar-refractivity contribution in [1.82, 2.24) is 4.57 Å². The molecular formula is C28H20F3N3O5S2. The zero-order valence-corrected chi connectivity index (χ0v) is 22.8. The van der Waals surface area contributed by atoms with Crippen molar-refractivity contribution in [3.8, 4) is 0 Å². The van der Waals surface area contributed by atoms with Gasteiger partial charge in [-0.1, -0.05) is 47.4 Å². The molecule has 0 aliphatic carbocycles. The van der Waals surface area contributed by atoms with E-state index in [-0.39, 0.29) is 12.3 Å². The first kappa shape index (κ1) is 27.1. The molecule has 2 aromatic heterocycles. The van der Waals surface area contributed by atoms with Gasteiger partial charge in [0.2, 0.25) is 17.7 Å². The van der Waals surface area contributed by atoms with Crippen molar-refractivity contribution in [2.75, 3.05) is 10.2 Å². The van der Waals surface area contributed by atoms with Gasteiger partial charge in [0.25, 0.3) is 0 Å². The maximum atomic E-state index is 13.8. The van der Waals surface area contributed by atoms with Crippen LogP contribution in [0.5, 0.6) is 0 Å². The average molecular weight is 600 g/mol. The summed E-state index contributed by atoms with van der Waals surface area (Å²) in [5, 5.41) is 1.90. The summed E-state index contributed by atoms with van der Waals surface area (Å²) in [6, 6.07) is 14.7. The molecule has 1 fully saturated rings. The fourth-order valence-corrected chi connectivity index (χ4v) is 8.00. The number of benzene rings is 2. The summed E-state index contributed by atoms with van der Waals surface area (Å²) in [5.41, 5.74) is -0.193. The van der Waals surface area contributed by atoms with Crippen LogP contribution in [0.1, 0.15) is 27.7 Å². The molecule has 0 bridgehead atoms. The Hall–Kier alpha value is -4.10. The smallest absolute Gasteiger partial charge is 0.418 e. The number of anilines is 2. The Morgan fingerprint density at radius 2 is 1.80 bits per heavy atom. The van der Waals surface area contributed by atoms with Gasteiger partial charge in [-0.3, -0.25) is 23.7 Å². The summed E-state index contributed by atoms with van der Waals surface area (Å²) in [6.07, 6.45) is -3.43. The van der Waals surface area contributed by atoms with Crippen molar-refractivity contribution >= 4 is 52.2 Å². The number of carbonyl (C=O) groups is 3. The molecule has 1 N–H and O–H groups in total. The normalized spacial score (nSPS) is 20.2. The fraction of sp³-hybridized carbons (Fsp3) is 0.214. The van der Waals surface area contributed by atoms with E-state index in [1.54, 1.807) is 30.3 Å². The molecule has 210 valence electrons. The first-order chi connectivity index (χ1) is 19.5. The minimum atomic E-state index is -4.80. The number of thioether (sulfide) groups is 1. The van der Waals surface area contributed by atoms with Gasteiger partial charge in [0.15, 0.2) is 0 Å². The highest BCUT2D eigenvalue weighted by atomic mass is 32.2. The maximum absolute atomic E-state index is 13.8. The monoisotopic (exact) mass is 599 g/mol. The number of hydrogen-bond acceptors (Lipinski definition) is 7. The third kappa shape index (κ3) is 4.68. The Morgan fingerprint density at radius 3 is 2.51 bits per heavy atom. The number of rotatable bonds is 5. The second kappa shape index (κ2) is 10.1. The lowest BCUT2D eigenvalue weighted by Crippen LogP contribution is -2.33. The number of imide groups is 1. The summed E-state index contributed by atoms with van der Waals surface area (Å²) in [5.74, 6) is -3.89. The van der Waals surface area contributed by atoms with Crippen LogP contribution in [0.2, 0.25) is 0 Å². The quantitative estimate of drug-likeness (QED) is 0.314. The van der Waals surface area contributed by atoms with Crippen molar-refractivity contribution in [3.63, 3.8) is 0 Å². The van der Waals surface area contributed by atoms with Crippen molar-refractivity contribution in [2.24, 2.45) is 5.92 Å². The molecule has 13 heteroatoms. The lowest BCUT2D eigenvalue weighted by Gasteiger charge is -2.29. The summed E-state index contributed by atoms with van der Waals surface area (Å²) in [4.78, 5) is 54.1. The number of amides is 3. The summed E-state index contributed by atoms with van der Waals surface area (Å²) in [6.45, 7) is 1.50. The van der Waals surface area contributed by atoms with E-state index in [1.807, 2.05) is 13.0 Å². The fourth-order valence-electron chi connectivity index (χ4n) is 5.24. The SMILES string of the molecule is Cc1cccc(NC(=O)Cn2c3c(sc2=O)[C@H](c2ccco2)C2C(=O)N(c4ccccc4C(F)(F)F)C(=O)C2S3)c1. The van der Waals surface area contributed by atoms with Gasteiger partial charge >= 0.3 is 11.0 Å². The summed E-state index contributed by atoms with van der Waals surface area (Å²) < 4.78 is 48.4. The number of fused-ring (bicyclic) bond motifs is 2. The molecule has 0 radical (unpaired) electrons. The van der Waals surface area contributed by atoms with Crippen molar-refractivity contribution in [2.45, 2.75) is 35.8 Å². The molecule has 4 aromatic rings. The number of alkyl halides is 3. The van der Waals surface area contributed by atoms with Gasteiger partial charge in [-0.05, 0) is 48.9 Å². The Labute approximate surface area is 238 Å². The molecule has 8 nitrogen and oxygen atoms in total. The Morgan fingerprint density at radius 1 is 1.02 bits per heavy atom. The molecule has 3 amide bonds. The molecule has 1 saturated heterocycles. The number of nitrogens with zero attached hydrogens (tertiary/aromatic N) is 2. The highest BCUT2D eigenvalue weighted by molar-refractivity contribution is 8.00. The third-order valence-electron chi connectivity index (χ3n) is 6.95. The third-order valence-corrected chi connectivity index (χ3v) is 9.56. The van der Waals surface area contributed by atoms with Crippen LogP contribution in [0.3, 0.4) is 0 Å². The van der Waals surface area contributed by atoms with E-state index >= 15 is 0 Å². The number of aryl methyl sites for hydroxylation is 1. The number of furan rings is 1. The zero-order valence-electron chi connectivity index (χ0n) is 21.2. The first-order valence-corrected chi connectivity index (χ1v) is 14.1. The van der Waals surface area contributed by atoms with Gasteiger partial charge in [-0.15, -0.1) is 0 Å². The van der Waals surface area contributed by atoms with Crippen LogP contribution in [0.25, 0.3) is 0 Å². The number of para-hydroxylation sites is 1. The number of nitrogens with one attached hydrogen (secondary N) is 1. The van der Waals surface area contributed by atoms with E-state index in [9.17, 15) is 32.3 Å². The minimum absolute atomic E-state index is 0.284. The number of halogens is 3. The molecule has 2 aliphatic rings. The van der Waals surface area contributed by atoms with Gasteiger partial charge in [0.1, 0.15) is 17.6 Å². The van der Waals surface area contributed by atoms with Crippen LogP contribution in [-0.2, 0) is 27.1 Å². The molecule has 2 aromatic carbocycles. The molecule has 3 atom stereocenters.